The SMILES string of the molecule is CCOC(=O)CC[C@@H](C)C(=O)Cl. The molecule has 12 heavy (non-hydrogen) atoms. The van der Waals surface area contributed by atoms with Crippen molar-refractivity contribution in [2.24, 2.45) is 5.92 Å². The minimum Gasteiger partial charge on any atom is -0.466 e. The van der Waals surface area contributed by atoms with Crippen LogP contribution in [0.4, 0.5) is 0 Å². The molecule has 0 aliphatic rings. The van der Waals surface area contributed by atoms with Gasteiger partial charge < -0.3 is 4.74 Å². The van der Waals surface area contributed by atoms with Crippen LogP contribution in [0.5, 0.6) is 0 Å². The first-order valence-corrected chi connectivity index (χ1v) is 4.30. The second-order valence-corrected chi connectivity index (χ2v) is 2.92. The molecule has 1 atom stereocenters. The summed E-state index contributed by atoms with van der Waals surface area (Å²) >= 11 is 5.20. The van der Waals surface area contributed by atoms with Crippen molar-refractivity contribution < 1.29 is 14.3 Å². The third kappa shape index (κ3) is 5.13. The first-order valence-electron chi connectivity index (χ1n) is 3.92. The van der Waals surface area contributed by atoms with Crippen LogP contribution >= 0.6 is 11.6 Å². The van der Waals surface area contributed by atoms with E-state index in [0.29, 0.717) is 13.0 Å². The van der Waals surface area contributed by atoms with Gasteiger partial charge in [0.05, 0.1) is 6.61 Å². The summed E-state index contributed by atoms with van der Waals surface area (Å²) in [4.78, 5) is 21.3. The number of carbonyl (C=O) groups excluding carboxylic acids is 2. The first-order chi connectivity index (χ1) is 5.57. The number of carbonyl (C=O) groups is 2. The van der Waals surface area contributed by atoms with Gasteiger partial charge in [-0.15, -0.1) is 0 Å². The lowest BCUT2D eigenvalue weighted by molar-refractivity contribution is -0.143. The maximum atomic E-state index is 10.8. The van der Waals surface area contributed by atoms with E-state index in [9.17, 15) is 9.59 Å². The smallest absolute Gasteiger partial charge is 0.305 e. The highest BCUT2D eigenvalue weighted by atomic mass is 35.5. The number of hydrogen-bond acceptors (Lipinski definition) is 3. The van der Waals surface area contributed by atoms with Crippen molar-refractivity contribution in [3.05, 3.63) is 0 Å². The van der Waals surface area contributed by atoms with Crippen LogP contribution in [0.25, 0.3) is 0 Å². The fourth-order valence-electron chi connectivity index (χ4n) is 0.681. The Hall–Kier alpha value is -0.570. The summed E-state index contributed by atoms with van der Waals surface area (Å²) in [5, 5.41) is -0.403. The first kappa shape index (κ1) is 11.4. The summed E-state index contributed by atoms with van der Waals surface area (Å²) in [6, 6.07) is 0. The van der Waals surface area contributed by atoms with Gasteiger partial charge in [0.2, 0.25) is 5.24 Å². The van der Waals surface area contributed by atoms with Crippen LogP contribution in [-0.4, -0.2) is 17.8 Å². The molecule has 0 fully saturated rings. The van der Waals surface area contributed by atoms with Crippen LogP contribution in [-0.2, 0) is 14.3 Å². The lowest BCUT2D eigenvalue weighted by atomic mass is 10.1. The third-order valence-corrected chi connectivity index (χ3v) is 1.85. The quantitative estimate of drug-likeness (QED) is 0.492. The van der Waals surface area contributed by atoms with Gasteiger partial charge in [0.15, 0.2) is 0 Å². The second-order valence-electron chi connectivity index (χ2n) is 2.55. The van der Waals surface area contributed by atoms with Crippen LogP contribution < -0.4 is 0 Å². The predicted molar refractivity (Wildman–Crippen MR) is 45.9 cm³/mol. The van der Waals surface area contributed by atoms with Crippen LogP contribution in [0.15, 0.2) is 0 Å². The second kappa shape index (κ2) is 6.00. The molecule has 0 unspecified atom stereocenters. The van der Waals surface area contributed by atoms with E-state index in [1.54, 1.807) is 13.8 Å². The number of esters is 1. The Morgan fingerprint density at radius 1 is 1.50 bits per heavy atom. The molecule has 0 amide bonds. The Bertz CT molecular complexity index is 168. The number of ether oxygens (including phenoxy) is 1. The fourth-order valence-corrected chi connectivity index (χ4v) is 0.790. The molecule has 0 N–H and O–H groups in total. The number of hydrogen-bond donors (Lipinski definition) is 0. The summed E-state index contributed by atoms with van der Waals surface area (Å²) in [6.07, 6.45) is 0.717. The molecule has 0 rings (SSSR count). The Kier molecular flexibility index (Phi) is 5.72. The Morgan fingerprint density at radius 2 is 2.08 bits per heavy atom. The van der Waals surface area contributed by atoms with E-state index < -0.39 is 5.24 Å². The highest BCUT2D eigenvalue weighted by molar-refractivity contribution is 6.63. The van der Waals surface area contributed by atoms with E-state index >= 15 is 0 Å². The van der Waals surface area contributed by atoms with Gasteiger partial charge in [-0.25, -0.2) is 0 Å². The molecule has 0 aliphatic heterocycles. The Balaban J connectivity index is 3.54. The van der Waals surface area contributed by atoms with Crippen LogP contribution in [0.3, 0.4) is 0 Å². The molecule has 0 radical (unpaired) electrons. The minimum atomic E-state index is -0.403. The van der Waals surface area contributed by atoms with Gasteiger partial charge in [0, 0.05) is 12.3 Å². The van der Waals surface area contributed by atoms with E-state index in [4.69, 9.17) is 11.6 Å². The molecule has 3 nitrogen and oxygen atoms in total. The topological polar surface area (TPSA) is 43.4 Å². The lowest BCUT2D eigenvalue weighted by Gasteiger charge is -2.04. The zero-order valence-electron chi connectivity index (χ0n) is 7.30. The van der Waals surface area contributed by atoms with Crippen molar-refractivity contribution in [2.45, 2.75) is 26.7 Å². The third-order valence-electron chi connectivity index (χ3n) is 1.47. The van der Waals surface area contributed by atoms with Gasteiger partial charge in [-0.05, 0) is 24.9 Å². The van der Waals surface area contributed by atoms with Gasteiger partial charge >= 0.3 is 5.97 Å². The highest BCUT2D eigenvalue weighted by Crippen LogP contribution is 2.09. The molecule has 0 aromatic carbocycles. The van der Waals surface area contributed by atoms with Crippen molar-refractivity contribution in [1.29, 1.82) is 0 Å². The fraction of sp³-hybridized carbons (Fsp3) is 0.750. The average Bonchev–Trinajstić information content (AvgIpc) is 2.00. The van der Waals surface area contributed by atoms with Gasteiger partial charge in [-0.1, -0.05) is 6.92 Å². The van der Waals surface area contributed by atoms with Crippen LogP contribution in [0.2, 0.25) is 0 Å². The van der Waals surface area contributed by atoms with Crippen LogP contribution in [0, 0.1) is 5.92 Å². The molecule has 0 spiro atoms. The molecule has 0 saturated heterocycles. The number of rotatable bonds is 5. The van der Waals surface area contributed by atoms with E-state index in [0.717, 1.165) is 0 Å². The zero-order chi connectivity index (χ0) is 9.56. The molecule has 70 valence electrons. The Morgan fingerprint density at radius 3 is 2.50 bits per heavy atom. The number of halogens is 1. The van der Waals surface area contributed by atoms with Gasteiger partial charge in [-0.2, -0.15) is 0 Å². The van der Waals surface area contributed by atoms with Gasteiger partial charge in [0.1, 0.15) is 0 Å². The van der Waals surface area contributed by atoms with Crippen molar-refractivity contribution >= 4 is 22.8 Å². The highest BCUT2D eigenvalue weighted by Gasteiger charge is 2.12. The van der Waals surface area contributed by atoms with E-state index in [1.807, 2.05) is 0 Å². The van der Waals surface area contributed by atoms with Crippen molar-refractivity contribution in [3.63, 3.8) is 0 Å². The lowest BCUT2D eigenvalue weighted by Crippen LogP contribution is -2.09. The van der Waals surface area contributed by atoms with Crippen LogP contribution in [0.1, 0.15) is 26.7 Å². The van der Waals surface area contributed by atoms with Gasteiger partial charge in [0.25, 0.3) is 0 Å². The van der Waals surface area contributed by atoms with E-state index in [-0.39, 0.29) is 18.3 Å². The van der Waals surface area contributed by atoms with Gasteiger partial charge in [-0.3, -0.25) is 9.59 Å². The molecule has 0 aliphatic carbocycles. The largest absolute Gasteiger partial charge is 0.466 e. The summed E-state index contributed by atoms with van der Waals surface area (Å²) in [5.41, 5.74) is 0. The molecular formula is C8H13ClO3. The van der Waals surface area contributed by atoms with Crippen molar-refractivity contribution in [3.8, 4) is 0 Å². The molecule has 0 aromatic heterocycles. The summed E-state index contributed by atoms with van der Waals surface area (Å²) in [7, 11) is 0. The maximum Gasteiger partial charge on any atom is 0.305 e. The normalized spacial score (nSPS) is 12.2. The standard InChI is InChI=1S/C8H13ClO3/c1-3-12-7(10)5-4-6(2)8(9)11/h6H,3-5H2,1-2H3/t6-/m1/s1. The summed E-state index contributed by atoms with van der Waals surface area (Å²) in [5.74, 6) is -0.543. The Labute approximate surface area is 77.0 Å². The predicted octanol–water partition coefficient (Wildman–Crippen LogP) is 1.73. The van der Waals surface area contributed by atoms with Crippen molar-refractivity contribution in [1.82, 2.24) is 0 Å². The molecular weight excluding hydrogens is 180 g/mol. The van der Waals surface area contributed by atoms with E-state index in [1.165, 1.54) is 0 Å². The van der Waals surface area contributed by atoms with Crippen molar-refractivity contribution in [2.75, 3.05) is 6.61 Å². The monoisotopic (exact) mass is 192 g/mol. The molecule has 0 aromatic rings. The summed E-state index contributed by atoms with van der Waals surface area (Å²) in [6.45, 7) is 3.81. The molecule has 0 bridgehead atoms. The molecule has 0 heterocycles. The molecule has 0 saturated carbocycles. The molecule has 4 heteroatoms. The summed E-state index contributed by atoms with van der Waals surface area (Å²) < 4.78 is 4.68. The minimum absolute atomic E-state index is 0.257. The zero-order valence-corrected chi connectivity index (χ0v) is 8.06. The maximum absolute atomic E-state index is 10.8. The van der Waals surface area contributed by atoms with E-state index in [2.05, 4.69) is 4.74 Å². The average molecular weight is 193 g/mol.